The van der Waals surface area contributed by atoms with Crippen LogP contribution in [0.25, 0.3) is 0 Å². The number of halogens is 1. The molecule has 1 aromatic rings. The van der Waals surface area contributed by atoms with Gasteiger partial charge in [-0.1, -0.05) is 13.8 Å². The van der Waals surface area contributed by atoms with Gasteiger partial charge in [-0.15, -0.1) is 11.6 Å². The van der Waals surface area contributed by atoms with Crippen molar-refractivity contribution < 1.29 is 4.74 Å². The first-order valence-electron chi connectivity index (χ1n) is 6.37. The second-order valence-electron chi connectivity index (χ2n) is 4.30. The largest absolute Gasteiger partial charge is 0.380 e. The second-order valence-corrected chi connectivity index (χ2v) is 4.82. The minimum Gasteiger partial charge on any atom is -0.380 e. The topological polar surface area (TPSA) is 27.1 Å². The van der Waals surface area contributed by atoms with Crippen LogP contribution in [0.3, 0.4) is 0 Å². The molecule has 0 aliphatic carbocycles. The van der Waals surface area contributed by atoms with Crippen LogP contribution >= 0.6 is 11.6 Å². The molecule has 0 bridgehead atoms. The van der Waals surface area contributed by atoms with Gasteiger partial charge in [-0.3, -0.25) is 4.68 Å². The van der Waals surface area contributed by atoms with Crippen LogP contribution in [0.2, 0.25) is 0 Å². The minimum absolute atomic E-state index is 0.0697. The van der Waals surface area contributed by atoms with Gasteiger partial charge in [0.1, 0.15) is 0 Å². The number of hydrogen-bond donors (Lipinski definition) is 0. The fourth-order valence-corrected chi connectivity index (χ4v) is 2.30. The maximum absolute atomic E-state index is 6.31. The number of rotatable bonds is 7. The number of aromatic nitrogens is 2. The molecule has 0 N–H and O–H groups in total. The highest BCUT2D eigenvalue weighted by molar-refractivity contribution is 6.20. The fraction of sp³-hybridized carbons (Fsp3) is 0.769. The van der Waals surface area contributed by atoms with Gasteiger partial charge in [-0.25, -0.2) is 0 Å². The summed E-state index contributed by atoms with van der Waals surface area (Å²) >= 11 is 6.31. The molecule has 17 heavy (non-hydrogen) atoms. The van der Waals surface area contributed by atoms with Crippen LogP contribution < -0.4 is 0 Å². The van der Waals surface area contributed by atoms with Gasteiger partial charge in [0.05, 0.1) is 24.2 Å². The predicted molar refractivity (Wildman–Crippen MR) is 71.7 cm³/mol. The summed E-state index contributed by atoms with van der Waals surface area (Å²) < 4.78 is 7.49. The van der Waals surface area contributed by atoms with Crippen molar-refractivity contribution in [2.24, 2.45) is 0 Å². The van der Waals surface area contributed by atoms with E-state index in [1.807, 2.05) is 11.6 Å². The number of alkyl halides is 1. The zero-order chi connectivity index (χ0) is 12.8. The monoisotopic (exact) mass is 258 g/mol. The summed E-state index contributed by atoms with van der Waals surface area (Å²) in [7, 11) is 0. The summed E-state index contributed by atoms with van der Waals surface area (Å²) in [4.78, 5) is 0. The van der Waals surface area contributed by atoms with Gasteiger partial charge in [0.15, 0.2) is 0 Å². The quantitative estimate of drug-likeness (QED) is 0.552. The minimum atomic E-state index is 0.0697. The van der Waals surface area contributed by atoms with Crippen LogP contribution in [0.5, 0.6) is 0 Å². The predicted octanol–water partition coefficient (Wildman–Crippen LogP) is 3.62. The molecule has 1 unspecified atom stereocenters. The Hall–Kier alpha value is -0.540. The van der Waals surface area contributed by atoms with Gasteiger partial charge in [-0.05, 0) is 26.7 Å². The van der Waals surface area contributed by atoms with Crippen LogP contribution in [-0.2, 0) is 11.3 Å². The molecule has 0 aliphatic rings. The average molecular weight is 259 g/mol. The molecule has 0 spiro atoms. The lowest BCUT2D eigenvalue weighted by atomic mass is 10.1. The van der Waals surface area contributed by atoms with Gasteiger partial charge < -0.3 is 4.74 Å². The maximum atomic E-state index is 6.31. The highest BCUT2D eigenvalue weighted by atomic mass is 35.5. The first-order chi connectivity index (χ1) is 8.11. The zero-order valence-corrected chi connectivity index (χ0v) is 12.0. The van der Waals surface area contributed by atoms with Gasteiger partial charge in [0, 0.05) is 17.9 Å². The first kappa shape index (κ1) is 14.5. The summed E-state index contributed by atoms with van der Waals surface area (Å²) in [6, 6.07) is 0. The molecular weight excluding hydrogens is 236 g/mol. The molecule has 1 atom stereocenters. The van der Waals surface area contributed by atoms with E-state index in [0.717, 1.165) is 31.7 Å². The van der Waals surface area contributed by atoms with Crippen LogP contribution in [0.4, 0.5) is 0 Å². The van der Waals surface area contributed by atoms with Crippen LogP contribution in [-0.4, -0.2) is 23.0 Å². The summed E-state index contributed by atoms with van der Waals surface area (Å²) in [6.07, 6.45) is 1.99. The third kappa shape index (κ3) is 3.71. The zero-order valence-electron chi connectivity index (χ0n) is 11.3. The van der Waals surface area contributed by atoms with E-state index in [9.17, 15) is 0 Å². The molecule has 0 aromatic carbocycles. The second kappa shape index (κ2) is 7.02. The van der Waals surface area contributed by atoms with Gasteiger partial charge in [-0.2, -0.15) is 5.10 Å². The Morgan fingerprint density at radius 3 is 2.59 bits per heavy atom. The molecule has 0 saturated heterocycles. The first-order valence-corrected chi connectivity index (χ1v) is 6.81. The molecule has 0 saturated carbocycles. The Kier molecular flexibility index (Phi) is 6.00. The molecular formula is C13H23ClN2O. The fourth-order valence-electron chi connectivity index (χ4n) is 1.98. The third-order valence-corrected chi connectivity index (χ3v) is 3.43. The van der Waals surface area contributed by atoms with E-state index in [1.54, 1.807) is 0 Å². The van der Waals surface area contributed by atoms with Crippen molar-refractivity contribution in [1.82, 2.24) is 9.78 Å². The summed E-state index contributed by atoms with van der Waals surface area (Å²) in [5.41, 5.74) is 3.40. The average Bonchev–Trinajstić information content (AvgIpc) is 2.59. The smallest absolute Gasteiger partial charge is 0.0662 e. The molecule has 0 aliphatic heterocycles. The standard InChI is InChI=1S/C13H23ClN2O/c1-5-8-17-9-7-16-11(4)13(10(3)15-16)12(14)6-2/h12H,5-9H2,1-4H3. The van der Waals surface area contributed by atoms with E-state index < -0.39 is 0 Å². The molecule has 1 rings (SSSR count). The van der Waals surface area contributed by atoms with E-state index in [2.05, 4.69) is 25.9 Å². The lowest BCUT2D eigenvalue weighted by Gasteiger charge is -2.08. The Morgan fingerprint density at radius 2 is 2.00 bits per heavy atom. The van der Waals surface area contributed by atoms with Gasteiger partial charge >= 0.3 is 0 Å². The van der Waals surface area contributed by atoms with Gasteiger partial charge in [0.25, 0.3) is 0 Å². The molecule has 4 heteroatoms. The van der Waals surface area contributed by atoms with Crippen LogP contribution in [0.1, 0.15) is 49.0 Å². The van der Waals surface area contributed by atoms with E-state index in [-0.39, 0.29) is 5.38 Å². The molecule has 1 aromatic heterocycles. The number of aryl methyl sites for hydroxylation is 1. The SMILES string of the molecule is CCCOCCn1nc(C)c(C(Cl)CC)c1C. The van der Waals surface area contributed by atoms with E-state index in [1.165, 1.54) is 11.3 Å². The Labute approximate surface area is 109 Å². The van der Waals surface area contributed by atoms with E-state index >= 15 is 0 Å². The molecule has 0 fully saturated rings. The molecule has 0 radical (unpaired) electrons. The van der Waals surface area contributed by atoms with Crippen LogP contribution in [0.15, 0.2) is 0 Å². The number of nitrogens with zero attached hydrogens (tertiary/aromatic N) is 2. The molecule has 1 heterocycles. The molecule has 0 amide bonds. The maximum Gasteiger partial charge on any atom is 0.0662 e. The summed E-state index contributed by atoms with van der Waals surface area (Å²) in [6.45, 7) is 10.7. The number of hydrogen-bond acceptors (Lipinski definition) is 2. The molecule has 3 nitrogen and oxygen atoms in total. The van der Waals surface area contributed by atoms with Crippen molar-refractivity contribution in [3.05, 3.63) is 17.0 Å². The highest BCUT2D eigenvalue weighted by Crippen LogP contribution is 2.29. The number of ether oxygens (including phenoxy) is 1. The van der Waals surface area contributed by atoms with Crippen molar-refractivity contribution in [3.63, 3.8) is 0 Å². The van der Waals surface area contributed by atoms with Crippen LogP contribution in [0, 0.1) is 13.8 Å². The van der Waals surface area contributed by atoms with Crippen molar-refractivity contribution in [2.75, 3.05) is 13.2 Å². The van der Waals surface area contributed by atoms with Crippen molar-refractivity contribution in [2.45, 2.75) is 52.5 Å². The summed E-state index contributed by atoms with van der Waals surface area (Å²) in [5, 5.41) is 4.60. The lowest BCUT2D eigenvalue weighted by molar-refractivity contribution is 0.124. The van der Waals surface area contributed by atoms with Crippen molar-refractivity contribution in [3.8, 4) is 0 Å². The van der Waals surface area contributed by atoms with E-state index in [4.69, 9.17) is 16.3 Å². The normalized spacial score (nSPS) is 13.0. The Balaban J connectivity index is 2.68. The third-order valence-electron chi connectivity index (χ3n) is 2.91. The Bertz CT molecular complexity index is 349. The Morgan fingerprint density at radius 1 is 1.29 bits per heavy atom. The highest BCUT2D eigenvalue weighted by Gasteiger charge is 2.17. The van der Waals surface area contributed by atoms with Gasteiger partial charge in [0.2, 0.25) is 0 Å². The summed E-state index contributed by atoms with van der Waals surface area (Å²) in [5.74, 6) is 0. The van der Waals surface area contributed by atoms with E-state index in [0.29, 0.717) is 6.61 Å². The van der Waals surface area contributed by atoms with Crippen molar-refractivity contribution in [1.29, 1.82) is 0 Å². The lowest BCUT2D eigenvalue weighted by Crippen LogP contribution is -2.09. The van der Waals surface area contributed by atoms with Crippen molar-refractivity contribution >= 4 is 11.6 Å². The molecule has 98 valence electrons.